The van der Waals surface area contributed by atoms with Crippen LogP contribution in [0.3, 0.4) is 0 Å². The summed E-state index contributed by atoms with van der Waals surface area (Å²) in [6.45, 7) is 3.12. The van der Waals surface area contributed by atoms with Gasteiger partial charge in [-0.25, -0.2) is 0 Å². The number of amides is 2. The Morgan fingerprint density at radius 1 is 0.913 bits per heavy atom. The minimum atomic E-state index is -0.0220. The van der Waals surface area contributed by atoms with Gasteiger partial charge in [-0.3, -0.25) is 14.6 Å². The summed E-state index contributed by atoms with van der Waals surface area (Å²) in [4.78, 5) is 33.1. The number of nitrogens with zero attached hydrogens (tertiary/aromatic N) is 3. The van der Waals surface area contributed by atoms with Gasteiger partial charge in [0.2, 0.25) is 5.91 Å². The predicted molar refractivity (Wildman–Crippen MR) is 87.9 cm³/mol. The normalized spacial score (nSPS) is 20.2. The Kier molecular flexibility index (Phi) is 5.26. The molecule has 2 fully saturated rings. The number of aromatic nitrogens is 1. The van der Waals surface area contributed by atoms with E-state index in [1.807, 2.05) is 21.9 Å². The van der Waals surface area contributed by atoms with Crippen LogP contribution in [0.2, 0.25) is 0 Å². The number of hydrogen-bond acceptors (Lipinski definition) is 3. The molecule has 0 saturated carbocycles. The first-order chi connectivity index (χ1) is 11.3. The van der Waals surface area contributed by atoms with Crippen LogP contribution in [-0.4, -0.2) is 52.8 Å². The molecule has 2 saturated heterocycles. The monoisotopic (exact) mass is 315 g/mol. The minimum Gasteiger partial charge on any atom is -0.342 e. The van der Waals surface area contributed by atoms with Crippen LogP contribution >= 0.6 is 0 Å². The molecule has 23 heavy (non-hydrogen) atoms. The zero-order valence-electron chi connectivity index (χ0n) is 13.6. The molecule has 2 aliphatic heterocycles. The molecular formula is C18H25N3O2. The Labute approximate surface area is 137 Å². The minimum absolute atomic E-state index is 0.0220. The van der Waals surface area contributed by atoms with Crippen LogP contribution in [0.5, 0.6) is 0 Å². The van der Waals surface area contributed by atoms with Crippen molar-refractivity contribution in [1.29, 1.82) is 0 Å². The maximum atomic E-state index is 12.7. The van der Waals surface area contributed by atoms with Gasteiger partial charge < -0.3 is 9.80 Å². The number of hydrogen-bond donors (Lipinski definition) is 0. The first kappa shape index (κ1) is 16.0. The van der Waals surface area contributed by atoms with Gasteiger partial charge in [0.25, 0.3) is 5.91 Å². The first-order valence-corrected chi connectivity index (χ1v) is 8.75. The summed E-state index contributed by atoms with van der Waals surface area (Å²) in [7, 11) is 0. The predicted octanol–water partition coefficient (Wildman–Crippen LogP) is 2.34. The van der Waals surface area contributed by atoms with Crippen molar-refractivity contribution in [2.24, 2.45) is 5.92 Å². The molecule has 3 rings (SSSR count). The molecule has 5 heteroatoms. The van der Waals surface area contributed by atoms with E-state index < -0.39 is 0 Å². The molecule has 0 spiro atoms. The van der Waals surface area contributed by atoms with Gasteiger partial charge in [0.15, 0.2) is 0 Å². The molecule has 0 N–H and O–H groups in total. The molecule has 0 radical (unpaired) electrons. The second kappa shape index (κ2) is 7.57. The van der Waals surface area contributed by atoms with Gasteiger partial charge in [0, 0.05) is 38.3 Å². The molecule has 0 unspecified atom stereocenters. The average molecular weight is 315 g/mol. The highest BCUT2D eigenvalue weighted by atomic mass is 16.2. The second-order valence-corrected chi connectivity index (χ2v) is 6.52. The summed E-state index contributed by atoms with van der Waals surface area (Å²) in [5.41, 5.74) is 0.491. The van der Waals surface area contributed by atoms with E-state index in [-0.39, 0.29) is 11.8 Å². The third-order valence-electron chi connectivity index (χ3n) is 4.93. The topological polar surface area (TPSA) is 53.5 Å². The lowest BCUT2D eigenvalue weighted by Crippen LogP contribution is -2.44. The number of piperidine rings is 1. The zero-order chi connectivity index (χ0) is 16.1. The summed E-state index contributed by atoms with van der Waals surface area (Å²) in [5.74, 6) is 0.365. The Morgan fingerprint density at radius 2 is 1.61 bits per heavy atom. The number of carbonyl (C=O) groups is 2. The molecule has 0 aliphatic carbocycles. The lowest BCUT2D eigenvalue weighted by Gasteiger charge is -2.33. The van der Waals surface area contributed by atoms with Gasteiger partial charge in [0.1, 0.15) is 5.69 Å². The van der Waals surface area contributed by atoms with Crippen molar-refractivity contribution < 1.29 is 9.59 Å². The summed E-state index contributed by atoms with van der Waals surface area (Å²) in [5, 5.41) is 0. The molecule has 0 atom stereocenters. The number of rotatable bonds is 2. The quantitative estimate of drug-likeness (QED) is 0.842. The lowest BCUT2D eigenvalue weighted by molar-refractivity contribution is -0.136. The van der Waals surface area contributed by atoms with Crippen molar-refractivity contribution in [3.05, 3.63) is 30.1 Å². The first-order valence-electron chi connectivity index (χ1n) is 8.75. The molecule has 2 aliphatic rings. The summed E-state index contributed by atoms with van der Waals surface area (Å²) in [6, 6.07) is 5.38. The van der Waals surface area contributed by atoms with Crippen molar-refractivity contribution >= 4 is 11.8 Å². The highest BCUT2D eigenvalue weighted by Gasteiger charge is 2.30. The van der Waals surface area contributed by atoms with Crippen LogP contribution in [0.25, 0.3) is 0 Å². The van der Waals surface area contributed by atoms with E-state index in [4.69, 9.17) is 0 Å². The van der Waals surface area contributed by atoms with Crippen LogP contribution in [-0.2, 0) is 4.79 Å². The van der Waals surface area contributed by atoms with E-state index in [1.165, 1.54) is 12.8 Å². The average Bonchev–Trinajstić information content (AvgIpc) is 2.91. The van der Waals surface area contributed by atoms with Gasteiger partial charge >= 0.3 is 0 Å². The Morgan fingerprint density at radius 3 is 2.22 bits per heavy atom. The maximum Gasteiger partial charge on any atom is 0.272 e. The van der Waals surface area contributed by atoms with E-state index in [0.29, 0.717) is 24.7 Å². The third-order valence-corrected chi connectivity index (χ3v) is 4.93. The van der Waals surface area contributed by atoms with Crippen LogP contribution in [0.1, 0.15) is 49.0 Å². The maximum absolute atomic E-state index is 12.7. The third kappa shape index (κ3) is 3.89. The summed E-state index contributed by atoms with van der Waals surface area (Å²) < 4.78 is 0. The van der Waals surface area contributed by atoms with Gasteiger partial charge in [-0.15, -0.1) is 0 Å². The molecular weight excluding hydrogens is 290 g/mol. The van der Waals surface area contributed by atoms with Gasteiger partial charge in [-0.2, -0.15) is 0 Å². The molecule has 124 valence electrons. The van der Waals surface area contributed by atoms with Crippen molar-refractivity contribution in [3.8, 4) is 0 Å². The highest BCUT2D eigenvalue weighted by Crippen LogP contribution is 2.22. The molecule has 1 aromatic heterocycles. The van der Waals surface area contributed by atoms with Crippen molar-refractivity contribution in [3.63, 3.8) is 0 Å². The van der Waals surface area contributed by atoms with E-state index >= 15 is 0 Å². The molecule has 0 bridgehead atoms. The largest absolute Gasteiger partial charge is 0.342 e. The molecule has 3 heterocycles. The van der Waals surface area contributed by atoms with Crippen LogP contribution in [0.4, 0.5) is 0 Å². The van der Waals surface area contributed by atoms with Crippen molar-refractivity contribution in [2.45, 2.75) is 38.5 Å². The van der Waals surface area contributed by atoms with Gasteiger partial charge in [-0.05, 0) is 37.8 Å². The van der Waals surface area contributed by atoms with Gasteiger partial charge in [-0.1, -0.05) is 18.9 Å². The number of pyridine rings is 1. The number of likely N-dealkylation sites (tertiary alicyclic amines) is 2. The standard InChI is InChI=1S/C18H25N3O2/c22-17(20-11-5-1-2-6-12-20)15-8-13-21(14-9-15)18(23)16-7-3-4-10-19-16/h3-4,7,10,15H,1-2,5-6,8-9,11-14H2. The molecule has 5 nitrogen and oxygen atoms in total. The fraction of sp³-hybridized carbons (Fsp3) is 0.611. The van der Waals surface area contributed by atoms with Crippen molar-refractivity contribution in [2.75, 3.05) is 26.2 Å². The van der Waals surface area contributed by atoms with Crippen LogP contribution in [0.15, 0.2) is 24.4 Å². The lowest BCUT2D eigenvalue weighted by atomic mass is 9.95. The van der Waals surface area contributed by atoms with E-state index in [0.717, 1.165) is 38.8 Å². The Hall–Kier alpha value is -1.91. The van der Waals surface area contributed by atoms with Crippen LogP contribution in [0, 0.1) is 5.92 Å². The zero-order valence-corrected chi connectivity index (χ0v) is 13.6. The van der Waals surface area contributed by atoms with Gasteiger partial charge in [0.05, 0.1) is 0 Å². The molecule has 1 aromatic rings. The highest BCUT2D eigenvalue weighted by molar-refractivity contribution is 5.92. The van der Waals surface area contributed by atoms with Crippen LogP contribution < -0.4 is 0 Å². The second-order valence-electron chi connectivity index (χ2n) is 6.52. The Balaban J connectivity index is 1.53. The molecule has 2 amide bonds. The SMILES string of the molecule is O=C(c1ccccn1)N1CCC(C(=O)N2CCCCCC2)CC1. The fourth-order valence-electron chi connectivity index (χ4n) is 3.53. The smallest absolute Gasteiger partial charge is 0.272 e. The number of carbonyl (C=O) groups excluding carboxylic acids is 2. The summed E-state index contributed by atoms with van der Waals surface area (Å²) in [6.07, 6.45) is 7.91. The fourth-order valence-corrected chi connectivity index (χ4v) is 3.53. The molecule has 0 aromatic carbocycles. The van der Waals surface area contributed by atoms with E-state index in [2.05, 4.69) is 4.98 Å². The Bertz CT molecular complexity index is 530. The van der Waals surface area contributed by atoms with E-state index in [1.54, 1.807) is 12.3 Å². The van der Waals surface area contributed by atoms with Crippen molar-refractivity contribution in [1.82, 2.24) is 14.8 Å². The summed E-state index contributed by atoms with van der Waals surface area (Å²) >= 11 is 0. The van der Waals surface area contributed by atoms with E-state index in [9.17, 15) is 9.59 Å².